The highest BCUT2D eigenvalue weighted by atomic mass is 79.9. The van der Waals surface area contributed by atoms with Gasteiger partial charge in [0.1, 0.15) is 6.07 Å². The summed E-state index contributed by atoms with van der Waals surface area (Å²) in [5.41, 5.74) is 7.60. The van der Waals surface area contributed by atoms with E-state index in [4.69, 9.17) is 14.7 Å². The maximum absolute atomic E-state index is 12.6. The second kappa shape index (κ2) is 12.9. The van der Waals surface area contributed by atoms with Crippen LogP contribution in [-0.4, -0.2) is 30.3 Å². The zero-order valence-corrected chi connectivity index (χ0v) is 23.1. The first-order valence-corrected chi connectivity index (χ1v) is 13.3. The maximum Gasteiger partial charge on any atom is 0.271 e. The van der Waals surface area contributed by atoms with Crippen molar-refractivity contribution in [2.24, 2.45) is 5.10 Å². The van der Waals surface area contributed by atoms with Crippen molar-refractivity contribution in [2.45, 2.75) is 13.8 Å². The van der Waals surface area contributed by atoms with Gasteiger partial charge in [0.15, 0.2) is 23.2 Å². The Morgan fingerprint density at radius 2 is 1.92 bits per heavy atom. The Morgan fingerprint density at radius 1 is 1.16 bits per heavy atom. The number of nitriles is 1. The van der Waals surface area contributed by atoms with Gasteiger partial charge in [0, 0.05) is 22.2 Å². The predicted molar refractivity (Wildman–Crippen MR) is 153 cm³/mol. The molecule has 0 aliphatic carbocycles. The first-order chi connectivity index (χ1) is 18.5. The van der Waals surface area contributed by atoms with Crippen LogP contribution in [0.15, 0.2) is 75.6 Å². The molecule has 0 fully saturated rings. The average Bonchev–Trinajstić information content (AvgIpc) is 3.38. The number of amides is 1. The highest BCUT2D eigenvalue weighted by Gasteiger charge is 2.12. The molecule has 0 spiro atoms. The van der Waals surface area contributed by atoms with Crippen molar-refractivity contribution >= 4 is 50.2 Å². The van der Waals surface area contributed by atoms with Crippen molar-refractivity contribution in [1.82, 2.24) is 10.4 Å². The van der Waals surface area contributed by atoms with Crippen LogP contribution in [0.3, 0.4) is 0 Å². The van der Waals surface area contributed by atoms with E-state index in [1.807, 2.05) is 61.7 Å². The Kier molecular flexibility index (Phi) is 9.08. The number of nitrogens with zero attached hydrogens (tertiary/aromatic N) is 3. The van der Waals surface area contributed by atoms with Crippen molar-refractivity contribution < 1.29 is 14.3 Å². The molecule has 1 amide bonds. The van der Waals surface area contributed by atoms with Crippen LogP contribution >= 0.6 is 27.3 Å². The molecular weight excluding hydrogens is 566 g/mol. The molecular formula is C28H24BrN5O3S. The Bertz CT molecular complexity index is 1480. The molecule has 8 nitrogen and oxygen atoms in total. The molecule has 0 aliphatic rings. The molecule has 0 saturated carbocycles. The number of ether oxygens (including phenoxy) is 2. The lowest BCUT2D eigenvalue weighted by atomic mass is 10.1. The van der Waals surface area contributed by atoms with E-state index in [0.717, 1.165) is 22.1 Å². The summed E-state index contributed by atoms with van der Waals surface area (Å²) < 4.78 is 11.7. The lowest BCUT2D eigenvalue weighted by Gasteiger charge is -2.12. The number of aryl methyl sites for hydroxylation is 1. The van der Waals surface area contributed by atoms with Crippen molar-refractivity contribution in [2.75, 3.05) is 18.5 Å². The standard InChI is InChI=1S/C28H24BrN5O3S/c1-3-36-25-15-19(14-23(29)26(25)37-13-12-30)16-31-34-27(35)21-8-6-20(7-9-21)24-17-38-28(33-24)32-22-10-4-18(2)5-11-22/h4-11,14-17H,3,13H2,1-2H3,(H,32,33)(H,34,35)/b31-16-. The van der Waals surface area contributed by atoms with Crippen LogP contribution in [-0.2, 0) is 0 Å². The van der Waals surface area contributed by atoms with E-state index in [2.05, 4.69) is 36.8 Å². The number of thiazole rings is 1. The second-order valence-corrected chi connectivity index (χ2v) is 9.73. The number of rotatable bonds is 10. The fourth-order valence-electron chi connectivity index (χ4n) is 3.42. The molecule has 4 rings (SSSR count). The van der Waals surface area contributed by atoms with E-state index in [-0.39, 0.29) is 12.5 Å². The normalized spacial score (nSPS) is 10.7. The van der Waals surface area contributed by atoms with E-state index in [1.54, 1.807) is 24.3 Å². The van der Waals surface area contributed by atoms with Crippen LogP contribution in [0.4, 0.5) is 10.8 Å². The van der Waals surface area contributed by atoms with Gasteiger partial charge in [0.05, 0.1) is 23.0 Å². The van der Waals surface area contributed by atoms with Gasteiger partial charge in [-0.1, -0.05) is 29.8 Å². The third kappa shape index (κ3) is 6.97. The summed E-state index contributed by atoms with van der Waals surface area (Å²) in [6.45, 7) is 4.22. The molecule has 10 heteroatoms. The van der Waals surface area contributed by atoms with Crippen molar-refractivity contribution in [3.8, 4) is 28.8 Å². The minimum Gasteiger partial charge on any atom is -0.490 e. The van der Waals surface area contributed by atoms with Gasteiger partial charge in [-0.15, -0.1) is 11.3 Å². The third-order valence-corrected chi connectivity index (χ3v) is 6.59. The molecule has 38 heavy (non-hydrogen) atoms. The van der Waals surface area contributed by atoms with Gasteiger partial charge in [0.2, 0.25) is 0 Å². The quantitative estimate of drug-likeness (QED) is 0.157. The molecule has 0 saturated heterocycles. The molecule has 4 aromatic rings. The summed E-state index contributed by atoms with van der Waals surface area (Å²) >= 11 is 4.95. The largest absolute Gasteiger partial charge is 0.490 e. The average molecular weight is 591 g/mol. The number of carbonyl (C=O) groups excluding carboxylic acids is 1. The van der Waals surface area contributed by atoms with Gasteiger partial charge in [-0.25, -0.2) is 10.4 Å². The van der Waals surface area contributed by atoms with Crippen molar-refractivity contribution in [3.63, 3.8) is 0 Å². The van der Waals surface area contributed by atoms with Crippen LogP contribution in [0, 0.1) is 18.3 Å². The van der Waals surface area contributed by atoms with E-state index in [9.17, 15) is 4.79 Å². The zero-order chi connectivity index (χ0) is 26.9. The molecule has 0 unspecified atom stereocenters. The summed E-state index contributed by atoms with van der Waals surface area (Å²) in [6.07, 6.45) is 1.51. The Morgan fingerprint density at radius 3 is 2.63 bits per heavy atom. The first-order valence-electron chi connectivity index (χ1n) is 11.7. The first kappa shape index (κ1) is 26.9. The van der Waals surface area contributed by atoms with E-state index in [1.165, 1.54) is 23.1 Å². The predicted octanol–water partition coefficient (Wildman–Crippen LogP) is 6.69. The number of hydrogen-bond donors (Lipinski definition) is 2. The summed E-state index contributed by atoms with van der Waals surface area (Å²) in [4.78, 5) is 17.2. The lowest BCUT2D eigenvalue weighted by Crippen LogP contribution is -2.17. The molecule has 3 aromatic carbocycles. The van der Waals surface area contributed by atoms with Gasteiger partial charge in [-0.3, -0.25) is 4.79 Å². The summed E-state index contributed by atoms with van der Waals surface area (Å²) in [6, 6.07) is 20.7. The van der Waals surface area contributed by atoms with Gasteiger partial charge < -0.3 is 14.8 Å². The third-order valence-electron chi connectivity index (χ3n) is 5.24. The smallest absolute Gasteiger partial charge is 0.271 e. The molecule has 1 aromatic heterocycles. The number of halogens is 1. The lowest BCUT2D eigenvalue weighted by molar-refractivity contribution is 0.0955. The van der Waals surface area contributed by atoms with Gasteiger partial charge in [-0.2, -0.15) is 10.4 Å². The molecule has 0 bridgehead atoms. The number of anilines is 2. The summed E-state index contributed by atoms with van der Waals surface area (Å²) in [5.74, 6) is 0.568. The van der Waals surface area contributed by atoms with E-state index >= 15 is 0 Å². The topological polar surface area (TPSA) is 109 Å². The fraction of sp³-hybridized carbons (Fsp3) is 0.143. The fourth-order valence-corrected chi connectivity index (χ4v) is 4.73. The number of hydrogen-bond acceptors (Lipinski definition) is 8. The van der Waals surface area contributed by atoms with E-state index < -0.39 is 0 Å². The number of nitrogens with one attached hydrogen (secondary N) is 2. The number of hydrazone groups is 1. The van der Waals surface area contributed by atoms with Crippen LogP contribution in [0.25, 0.3) is 11.3 Å². The Hall–Kier alpha value is -4.20. The Labute approximate surface area is 233 Å². The van der Waals surface area contributed by atoms with Gasteiger partial charge >= 0.3 is 0 Å². The van der Waals surface area contributed by atoms with Crippen LogP contribution in [0.2, 0.25) is 0 Å². The zero-order valence-electron chi connectivity index (χ0n) is 20.7. The molecule has 0 aliphatic heterocycles. The number of benzene rings is 3. The summed E-state index contributed by atoms with van der Waals surface area (Å²) in [5, 5.41) is 18.9. The van der Waals surface area contributed by atoms with Crippen LogP contribution in [0.5, 0.6) is 11.5 Å². The second-order valence-electron chi connectivity index (χ2n) is 8.02. The number of aromatic nitrogens is 1. The highest BCUT2D eigenvalue weighted by molar-refractivity contribution is 9.10. The van der Waals surface area contributed by atoms with Crippen molar-refractivity contribution in [3.05, 3.63) is 87.2 Å². The SMILES string of the molecule is CCOc1cc(/C=N\NC(=O)c2ccc(-c3csc(Nc4ccc(C)cc4)n3)cc2)cc(Br)c1OCC#N. The molecule has 2 N–H and O–H groups in total. The maximum atomic E-state index is 12.6. The monoisotopic (exact) mass is 589 g/mol. The van der Waals surface area contributed by atoms with Gasteiger partial charge in [-0.05, 0) is 71.7 Å². The Balaban J connectivity index is 1.38. The molecule has 192 valence electrons. The van der Waals surface area contributed by atoms with Gasteiger partial charge in [0.25, 0.3) is 5.91 Å². The van der Waals surface area contributed by atoms with Crippen LogP contribution in [0.1, 0.15) is 28.4 Å². The molecule has 1 heterocycles. The van der Waals surface area contributed by atoms with Crippen molar-refractivity contribution in [1.29, 1.82) is 5.26 Å². The minimum absolute atomic E-state index is 0.102. The highest BCUT2D eigenvalue weighted by Crippen LogP contribution is 2.36. The summed E-state index contributed by atoms with van der Waals surface area (Å²) in [7, 11) is 0. The molecule has 0 atom stereocenters. The van der Waals surface area contributed by atoms with Crippen LogP contribution < -0.4 is 20.2 Å². The number of carbonyl (C=O) groups is 1. The van der Waals surface area contributed by atoms with E-state index in [0.29, 0.717) is 33.7 Å². The minimum atomic E-state index is -0.342. The molecule has 0 radical (unpaired) electrons.